The van der Waals surface area contributed by atoms with Crippen molar-refractivity contribution < 1.29 is 19.0 Å². The van der Waals surface area contributed by atoms with E-state index in [0.717, 1.165) is 49.7 Å². The number of nitrogens with one attached hydrogen (secondary N) is 1. The highest BCUT2D eigenvalue weighted by Crippen LogP contribution is 2.22. The molecule has 8 nitrogen and oxygen atoms in total. The van der Waals surface area contributed by atoms with Gasteiger partial charge in [-0.3, -0.25) is 9.69 Å². The van der Waals surface area contributed by atoms with Crippen molar-refractivity contribution >= 4 is 11.6 Å². The molecule has 162 valence electrons. The third-order valence-corrected chi connectivity index (χ3v) is 4.90. The van der Waals surface area contributed by atoms with Crippen molar-refractivity contribution in [3.05, 3.63) is 59.2 Å². The predicted octanol–water partition coefficient (Wildman–Crippen LogP) is 2.32. The van der Waals surface area contributed by atoms with Gasteiger partial charge in [0.05, 0.1) is 37.7 Å². The van der Waals surface area contributed by atoms with E-state index in [0.29, 0.717) is 17.0 Å². The van der Waals surface area contributed by atoms with Crippen LogP contribution < -0.4 is 14.9 Å². The normalized spacial score (nSPS) is 14.5. The molecule has 1 N–H and O–H groups in total. The molecule has 0 spiro atoms. The molecule has 2 aromatic carbocycles. The number of morpholine rings is 1. The lowest BCUT2D eigenvalue weighted by Gasteiger charge is -2.27. The number of hydrogen-bond donors (Lipinski definition) is 1. The monoisotopic (exact) mass is 422 g/mol. The van der Waals surface area contributed by atoms with E-state index in [1.165, 1.54) is 0 Å². The van der Waals surface area contributed by atoms with Crippen LogP contribution >= 0.6 is 0 Å². The number of amides is 1. The van der Waals surface area contributed by atoms with Gasteiger partial charge < -0.3 is 14.2 Å². The Balaban J connectivity index is 1.58. The van der Waals surface area contributed by atoms with Crippen LogP contribution in [-0.2, 0) is 16.1 Å². The van der Waals surface area contributed by atoms with Gasteiger partial charge in [-0.25, -0.2) is 5.43 Å². The summed E-state index contributed by atoms with van der Waals surface area (Å²) in [6.07, 6.45) is 0. The molecule has 0 unspecified atom stereocenters. The van der Waals surface area contributed by atoms with Crippen LogP contribution in [0.2, 0.25) is 0 Å². The number of benzene rings is 2. The molecule has 0 saturated carbocycles. The van der Waals surface area contributed by atoms with Crippen molar-refractivity contribution in [3.8, 4) is 17.6 Å². The SMILES string of the molecule is COc1ccc(/C(C)=N\NC(=O)COc2ccc(C#N)cc2)cc1CN1CCOCC1. The van der Waals surface area contributed by atoms with E-state index in [2.05, 4.69) is 15.4 Å². The Morgan fingerprint density at radius 2 is 1.97 bits per heavy atom. The summed E-state index contributed by atoms with van der Waals surface area (Å²) in [6.45, 7) is 5.66. The van der Waals surface area contributed by atoms with Crippen LogP contribution in [-0.4, -0.2) is 56.5 Å². The molecule has 1 saturated heterocycles. The Bertz CT molecular complexity index is 961. The van der Waals surface area contributed by atoms with Crippen molar-refractivity contribution in [3.63, 3.8) is 0 Å². The van der Waals surface area contributed by atoms with Crippen molar-refractivity contribution in [1.82, 2.24) is 10.3 Å². The van der Waals surface area contributed by atoms with Crippen LogP contribution in [0.25, 0.3) is 0 Å². The lowest BCUT2D eigenvalue weighted by atomic mass is 10.1. The second-order valence-electron chi connectivity index (χ2n) is 7.07. The summed E-state index contributed by atoms with van der Waals surface area (Å²) in [4.78, 5) is 14.4. The molecule has 0 aliphatic carbocycles. The largest absolute Gasteiger partial charge is 0.496 e. The fourth-order valence-corrected chi connectivity index (χ4v) is 3.14. The first-order valence-electron chi connectivity index (χ1n) is 10.0. The number of rotatable bonds is 8. The maximum Gasteiger partial charge on any atom is 0.277 e. The highest BCUT2D eigenvalue weighted by Gasteiger charge is 2.14. The summed E-state index contributed by atoms with van der Waals surface area (Å²) in [6, 6.07) is 14.5. The van der Waals surface area contributed by atoms with Crippen LogP contribution in [0.15, 0.2) is 47.6 Å². The minimum absolute atomic E-state index is 0.173. The smallest absolute Gasteiger partial charge is 0.277 e. The summed E-state index contributed by atoms with van der Waals surface area (Å²) in [5.41, 5.74) is 5.69. The summed E-state index contributed by atoms with van der Waals surface area (Å²) in [7, 11) is 1.66. The van der Waals surface area contributed by atoms with Gasteiger partial charge in [0, 0.05) is 25.2 Å². The summed E-state index contributed by atoms with van der Waals surface area (Å²) in [5, 5.41) is 13.0. The van der Waals surface area contributed by atoms with Gasteiger partial charge in [-0.1, -0.05) is 0 Å². The van der Waals surface area contributed by atoms with E-state index in [1.807, 2.05) is 31.2 Å². The topological polar surface area (TPSA) is 96.2 Å². The third-order valence-electron chi connectivity index (χ3n) is 4.90. The van der Waals surface area contributed by atoms with Crippen molar-refractivity contribution in [2.75, 3.05) is 40.0 Å². The van der Waals surface area contributed by atoms with Gasteiger partial charge in [0.15, 0.2) is 6.61 Å². The molecule has 1 fully saturated rings. The number of hydrogen-bond acceptors (Lipinski definition) is 7. The maximum atomic E-state index is 12.1. The van der Waals surface area contributed by atoms with Crippen molar-refractivity contribution in [2.24, 2.45) is 5.10 Å². The zero-order chi connectivity index (χ0) is 22.1. The van der Waals surface area contributed by atoms with E-state index in [4.69, 9.17) is 19.5 Å². The molecule has 2 aromatic rings. The number of nitrogens with zero attached hydrogens (tertiary/aromatic N) is 3. The maximum absolute atomic E-state index is 12.1. The van der Waals surface area contributed by atoms with E-state index >= 15 is 0 Å². The zero-order valence-corrected chi connectivity index (χ0v) is 17.8. The average molecular weight is 422 g/mol. The molecule has 3 rings (SSSR count). The van der Waals surface area contributed by atoms with Gasteiger partial charge in [-0.05, 0) is 55.0 Å². The molecule has 1 aliphatic heterocycles. The second kappa shape index (κ2) is 11.1. The van der Waals surface area contributed by atoms with Crippen LogP contribution in [0.4, 0.5) is 0 Å². The number of carbonyl (C=O) groups excluding carboxylic acids is 1. The Kier molecular flexibility index (Phi) is 7.98. The Morgan fingerprint density at radius 1 is 1.23 bits per heavy atom. The lowest BCUT2D eigenvalue weighted by Crippen LogP contribution is -2.35. The lowest BCUT2D eigenvalue weighted by molar-refractivity contribution is -0.123. The van der Waals surface area contributed by atoms with Gasteiger partial charge in [0.1, 0.15) is 11.5 Å². The van der Waals surface area contributed by atoms with E-state index < -0.39 is 0 Å². The Labute approximate surface area is 182 Å². The van der Waals surface area contributed by atoms with Crippen LogP contribution in [0, 0.1) is 11.3 Å². The van der Waals surface area contributed by atoms with Gasteiger partial charge in [0.2, 0.25) is 0 Å². The minimum Gasteiger partial charge on any atom is -0.496 e. The summed E-state index contributed by atoms with van der Waals surface area (Å²) in [5.74, 6) is 0.964. The fourth-order valence-electron chi connectivity index (χ4n) is 3.14. The Morgan fingerprint density at radius 3 is 2.65 bits per heavy atom. The number of methoxy groups -OCH3 is 1. The molecule has 1 aliphatic rings. The number of carbonyl (C=O) groups is 1. The van der Waals surface area contributed by atoms with Gasteiger partial charge in [-0.15, -0.1) is 0 Å². The fraction of sp³-hybridized carbons (Fsp3) is 0.348. The van der Waals surface area contributed by atoms with E-state index in [-0.39, 0.29) is 12.5 Å². The predicted molar refractivity (Wildman–Crippen MR) is 116 cm³/mol. The van der Waals surface area contributed by atoms with Crippen LogP contribution in [0.3, 0.4) is 0 Å². The second-order valence-corrected chi connectivity index (χ2v) is 7.07. The molecule has 0 radical (unpaired) electrons. The Hall–Kier alpha value is -3.41. The molecular weight excluding hydrogens is 396 g/mol. The van der Waals surface area contributed by atoms with Crippen molar-refractivity contribution in [2.45, 2.75) is 13.5 Å². The molecule has 1 heterocycles. The highest BCUT2D eigenvalue weighted by molar-refractivity contribution is 5.99. The van der Waals surface area contributed by atoms with E-state index in [9.17, 15) is 4.79 Å². The molecule has 31 heavy (non-hydrogen) atoms. The first-order chi connectivity index (χ1) is 15.1. The minimum atomic E-state index is -0.370. The molecule has 1 amide bonds. The quantitative estimate of drug-likeness (QED) is 0.518. The first kappa shape index (κ1) is 22.3. The van der Waals surface area contributed by atoms with Crippen LogP contribution in [0.1, 0.15) is 23.6 Å². The molecule has 8 heteroatoms. The molecule has 0 aromatic heterocycles. The number of nitriles is 1. The highest BCUT2D eigenvalue weighted by atomic mass is 16.5. The molecular formula is C23H26N4O4. The zero-order valence-electron chi connectivity index (χ0n) is 17.8. The van der Waals surface area contributed by atoms with E-state index in [1.54, 1.807) is 31.4 Å². The molecule has 0 atom stereocenters. The molecule has 0 bridgehead atoms. The average Bonchev–Trinajstić information content (AvgIpc) is 2.82. The first-order valence-corrected chi connectivity index (χ1v) is 10.0. The number of ether oxygens (including phenoxy) is 3. The standard InChI is InChI=1S/C23H26N4O4/c1-17(25-26-23(28)16-31-21-6-3-18(14-24)4-7-21)19-5-8-22(29-2)20(13-19)15-27-9-11-30-12-10-27/h3-8,13H,9-12,15-16H2,1-2H3,(H,26,28)/b25-17-. The number of hydrazone groups is 1. The van der Waals surface area contributed by atoms with Crippen molar-refractivity contribution in [1.29, 1.82) is 5.26 Å². The summed E-state index contributed by atoms with van der Waals surface area (Å²) >= 11 is 0. The summed E-state index contributed by atoms with van der Waals surface area (Å²) < 4.78 is 16.3. The third kappa shape index (κ3) is 6.54. The van der Waals surface area contributed by atoms with Crippen LogP contribution in [0.5, 0.6) is 11.5 Å². The van der Waals surface area contributed by atoms with Gasteiger partial charge >= 0.3 is 0 Å². The van der Waals surface area contributed by atoms with Gasteiger partial charge in [0.25, 0.3) is 5.91 Å². The van der Waals surface area contributed by atoms with Gasteiger partial charge in [-0.2, -0.15) is 10.4 Å².